The number of carbonyl (C=O) groups excluding carboxylic acids is 1. The van der Waals surface area contributed by atoms with Crippen molar-refractivity contribution in [3.63, 3.8) is 0 Å². The summed E-state index contributed by atoms with van der Waals surface area (Å²) in [7, 11) is 1.58. The van der Waals surface area contributed by atoms with E-state index in [4.69, 9.17) is 4.74 Å². The van der Waals surface area contributed by atoms with E-state index in [0.717, 1.165) is 0 Å². The Morgan fingerprint density at radius 1 is 1.33 bits per heavy atom. The van der Waals surface area contributed by atoms with E-state index < -0.39 is 0 Å². The molecule has 0 spiro atoms. The van der Waals surface area contributed by atoms with Gasteiger partial charge in [0.2, 0.25) is 0 Å². The Bertz CT molecular complexity index is 796. The van der Waals surface area contributed by atoms with Crippen LogP contribution >= 0.6 is 0 Å². The van der Waals surface area contributed by atoms with Crippen LogP contribution in [0, 0.1) is 6.92 Å². The number of pyridine rings is 2. The van der Waals surface area contributed by atoms with Crippen molar-refractivity contribution in [2.24, 2.45) is 0 Å². The van der Waals surface area contributed by atoms with Crippen LogP contribution in [-0.2, 0) is 0 Å². The number of amides is 1. The highest BCUT2D eigenvalue weighted by atomic mass is 16.5. The topological polar surface area (TPSA) is 68.5 Å². The quantitative estimate of drug-likeness (QED) is 0.800. The molecule has 0 atom stereocenters. The molecule has 3 aromatic rings. The van der Waals surface area contributed by atoms with Crippen LogP contribution in [0.15, 0.2) is 42.9 Å². The SMILES string of the molecule is COc1cccn2c(C(=O)Nc3cccnc3)c(C)nc12. The fraction of sp³-hybridized carbons (Fsp3) is 0.133. The molecule has 1 amide bonds. The van der Waals surface area contributed by atoms with E-state index in [9.17, 15) is 4.79 Å². The lowest BCUT2D eigenvalue weighted by Gasteiger charge is -2.06. The number of methoxy groups -OCH3 is 1. The Balaban J connectivity index is 2.04. The standard InChI is InChI=1S/C15H14N4O2/c1-10-13(15(20)18-11-5-3-7-16-9-11)19-8-4-6-12(21-2)14(19)17-10/h3-9H,1-2H3,(H,18,20). The van der Waals surface area contributed by atoms with Crippen LogP contribution in [0.2, 0.25) is 0 Å². The molecule has 0 unspecified atom stereocenters. The summed E-state index contributed by atoms with van der Waals surface area (Å²) in [5.74, 6) is 0.391. The lowest BCUT2D eigenvalue weighted by atomic mass is 10.3. The highest BCUT2D eigenvalue weighted by Gasteiger charge is 2.18. The van der Waals surface area contributed by atoms with Crippen LogP contribution in [0.1, 0.15) is 16.2 Å². The van der Waals surface area contributed by atoms with Crippen molar-refractivity contribution < 1.29 is 9.53 Å². The summed E-state index contributed by atoms with van der Waals surface area (Å²) >= 11 is 0. The summed E-state index contributed by atoms with van der Waals surface area (Å²) in [5.41, 5.74) is 2.38. The van der Waals surface area contributed by atoms with Crippen molar-refractivity contribution in [2.75, 3.05) is 12.4 Å². The normalized spacial score (nSPS) is 10.6. The molecule has 0 aliphatic carbocycles. The zero-order chi connectivity index (χ0) is 14.8. The Hall–Kier alpha value is -2.89. The lowest BCUT2D eigenvalue weighted by molar-refractivity contribution is 0.102. The average Bonchev–Trinajstić information content (AvgIpc) is 2.84. The van der Waals surface area contributed by atoms with Crippen molar-refractivity contribution in [1.29, 1.82) is 0 Å². The van der Waals surface area contributed by atoms with E-state index in [0.29, 0.717) is 28.5 Å². The van der Waals surface area contributed by atoms with Gasteiger partial charge in [-0.15, -0.1) is 0 Å². The number of rotatable bonds is 3. The predicted octanol–water partition coefficient (Wildman–Crippen LogP) is 2.30. The van der Waals surface area contributed by atoms with Crippen LogP contribution in [0.4, 0.5) is 5.69 Å². The lowest BCUT2D eigenvalue weighted by Crippen LogP contribution is -2.15. The van der Waals surface area contributed by atoms with Crippen LogP contribution in [0.25, 0.3) is 5.65 Å². The van der Waals surface area contributed by atoms with Gasteiger partial charge in [-0.05, 0) is 31.2 Å². The number of aryl methyl sites for hydroxylation is 1. The van der Waals surface area contributed by atoms with Crippen molar-refractivity contribution in [2.45, 2.75) is 6.92 Å². The van der Waals surface area contributed by atoms with E-state index in [2.05, 4.69) is 15.3 Å². The minimum absolute atomic E-state index is 0.235. The van der Waals surface area contributed by atoms with Crippen LogP contribution in [0.3, 0.4) is 0 Å². The third kappa shape index (κ3) is 2.31. The van der Waals surface area contributed by atoms with E-state index in [1.807, 2.05) is 12.1 Å². The van der Waals surface area contributed by atoms with Gasteiger partial charge in [-0.2, -0.15) is 0 Å². The first kappa shape index (κ1) is 13.1. The number of nitrogens with zero attached hydrogens (tertiary/aromatic N) is 3. The summed E-state index contributed by atoms with van der Waals surface area (Å²) in [4.78, 5) is 20.9. The fourth-order valence-electron chi connectivity index (χ4n) is 2.22. The van der Waals surface area contributed by atoms with E-state index >= 15 is 0 Å². The molecule has 0 saturated heterocycles. The number of imidazole rings is 1. The van der Waals surface area contributed by atoms with Gasteiger partial charge >= 0.3 is 0 Å². The summed E-state index contributed by atoms with van der Waals surface area (Å²) in [6.45, 7) is 1.80. The van der Waals surface area contributed by atoms with Crippen molar-refractivity contribution in [3.8, 4) is 5.75 Å². The average molecular weight is 282 g/mol. The number of aromatic nitrogens is 3. The molecule has 0 aromatic carbocycles. The molecule has 3 heterocycles. The first-order valence-corrected chi connectivity index (χ1v) is 6.43. The first-order chi connectivity index (χ1) is 10.2. The third-order valence-electron chi connectivity index (χ3n) is 3.14. The van der Waals surface area contributed by atoms with Gasteiger partial charge in [-0.1, -0.05) is 0 Å². The molecule has 0 fully saturated rings. The van der Waals surface area contributed by atoms with Gasteiger partial charge in [0.1, 0.15) is 5.69 Å². The maximum absolute atomic E-state index is 12.5. The van der Waals surface area contributed by atoms with Gasteiger partial charge in [0, 0.05) is 12.4 Å². The molecule has 21 heavy (non-hydrogen) atoms. The Morgan fingerprint density at radius 2 is 2.19 bits per heavy atom. The molecule has 0 bridgehead atoms. The minimum Gasteiger partial charge on any atom is -0.493 e. The van der Waals surface area contributed by atoms with Crippen LogP contribution in [0.5, 0.6) is 5.75 Å². The molecule has 0 aliphatic heterocycles. The highest BCUT2D eigenvalue weighted by molar-refractivity contribution is 6.04. The smallest absolute Gasteiger partial charge is 0.274 e. The first-order valence-electron chi connectivity index (χ1n) is 6.43. The van der Waals surface area contributed by atoms with Crippen LogP contribution in [-0.4, -0.2) is 27.4 Å². The molecule has 3 aromatic heterocycles. The van der Waals surface area contributed by atoms with Gasteiger partial charge in [-0.3, -0.25) is 14.2 Å². The summed E-state index contributed by atoms with van der Waals surface area (Å²) in [6.07, 6.45) is 5.03. The van der Waals surface area contributed by atoms with E-state index in [-0.39, 0.29) is 5.91 Å². The van der Waals surface area contributed by atoms with Gasteiger partial charge in [-0.25, -0.2) is 4.98 Å². The number of nitrogens with one attached hydrogen (secondary N) is 1. The van der Waals surface area contributed by atoms with Gasteiger partial charge in [0.25, 0.3) is 5.91 Å². The fourth-order valence-corrected chi connectivity index (χ4v) is 2.22. The molecule has 0 aliphatic rings. The maximum atomic E-state index is 12.5. The van der Waals surface area contributed by atoms with Gasteiger partial charge < -0.3 is 10.1 Å². The van der Waals surface area contributed by atoms with Crippen molar-refractivity contribution >= 4 is 17.2 Å². The maximum Gasteiger partial charge on any atom is 0.274 e. The number of ether oxygens (including phenoxy) is 1. The third-order valence-corrected chi connectivity index (χ3v) is 3.14. The molecule has 0 saturated carbocycles. The van der Waals surface area contributed by atoms with E-state index in [1.165, 1.54) is 0 Å². The van der Waals surface area contributed by atoms with Gasteiger partial charge in [0.15, 0.2) is 11.4 Å². The Morgan fingerprint density at radius 3 is 2.90 bits per heavy atom. The molecular weight excluding hydrogens is 268 g/mol. The second-order valence-electron chi connectivity index (χ2n) is 4.51. The number of anilines is 1. The molecule has 3 rings (SSSR count). The van der Waals surface area contributed by atoms with Gasteiger partial charge in [0.05, 0.1) is 24.7 Å². The van der Waals surface area contributed by atoms with Crippen molar-refractivity contribution in [1.82, 2.24) is 14.4 Å². The summed E-state index contributed by atoms with van der Waals surface area (Å²) < 4.78 is 6.99. The second-order valence-corrected chi connectivity index (χ2v) is 4.51. The zero-order valence-corrected chi connectivity index (χ0v) is 11.7. The number of hydrogen-bond acceptors (Lipinski definition) is 4. The highest BCUT2D eigenvalue weighted by Crippen LogP contribution is 2.22. The van der Waals surface area contributed by atoms with Crippen molar-refractivity contribution in [3.05, 3.63) is 54.2 Å². The number of carbonyl (C=O) groups is 1. The monoisotopic (exact) mass is 282 g/mol. The Kier molecular flexibility index (Phi) is 3.27. The van der Waals surface area contributed by atoms with Crippen LogP contribution < -0.4 is 10.1 Å². The molecule has 106 valence electrons. The second kappa shape index (κ2) is 5.24. The number of fused-ring (bicyclic) bond motifs is 1. The summed E-state index contributed by atoms with van der Waals surface area (Å²) in [6, 6.07) is 7.17. The summed E-state index contributed by atoms with van der Waals surface area (Å²) in [5, 5.41) is 2.81. The molecule has 6 heteroatoms. The molecule has 0 radical (unpaired) electrons. The largest absolute Gasteiger partial charge is 0.493 e. The minimum atomic E-state index is -0.235. The molecular formula is C15H14N4O2. The molecule has 6 nitrogen and oxygen atoms in total. The predicted molar refractivity (Wildman–Crippen MR) is 78.7 cm³/mol. The Labute approximate surface area is 121 Å². The number of hydrogen-bond donors (Lipinski definition) is 1. The van der Waals surface area contributed by atoms with E-state index in [1.54, 1.807) is 49.2 Å². The molecule has 1 N–H and O–H groups in total. The zero-order valence-electron chi connectivity index (χ0n) is 11.7.